The predicted octanol–water partition coefficient (Wildman–Crippen LogP) is 0.828. The Morgan fingerprint density at radius 1 is 1.44 bits per heavy atom. The van der Waals surface area contributed by atoms with Crippen LogP contribution in [0.15, 0.2) is 23.3 Å². The van der Waals surface area contributed by atoms with E-state index in [4.69, 9.17) is 0 Å². The topological polar surface area (TPSA) is 72.2 Å². The number of benzene rings is 1. The van der Waals surface area contributed by atoms with Crippen LogP contribution in [0, 0.1) is 5.92 Å². The highest BCUT2D eigenvalue weighted by Crippen LogP contribution is 2.19. The van der Waals surface area contributed by atoms with Gasteiger partial charge in [-0.3, -0.25) is 4.79 Å². The number of rotatable bonds is 1. The second-order valence-corrected chi connectivity index (χ2v) is 4.55. The Morgan fingerprint density at radius 3 is 3.06 bits per heavy atom. The van der Waals surface area contributed by atoms with Gasteiger partial charge in [0.15, 0.2) is 0 Å². The van der Waals surface area contributed by atoms with Crippen LogP contribution < -0.4 is 5.43 Å². The lowest BCUT2D eigenvalue weighted by atomic mass is 9.94. The van der Waals surface area contributed by atoms with Crippen LogP contribution in [-0.4, -0.2) is 26.6 Å². The van der Waals surface area contributed by atoms with Gasteiger partial charge in [-0.2, -0.15) is 5.10 Å². The van der Waals surface area contributed by atoms with Gasteiger partial charge in [-0.25, -0.2) is 10.1 Å². The number of carbonyl (C=O) groups is 1. The molecule has 0 radical (unpaired) electrons. The standard InChI is InChI=1S/C12H13N5O/c1-7-5-11(18)14-15-12(7)8-3-4-9-10(6-8)17(2)16-13-9/h3-4,6-7H,5H2,1-2H3,(H,14,18). The summed E-state index contributed by atoms with van der Waals surface area (Å²) in [6.45, 7) is 2.00. The van der Waals surface area contributed by atoms with Gasteiger partial charge < -0.3 is 0 Å². The van der Waals surface area contributed by atoms with E-state index in [-0.39, 0.29) is 11.8 Å². The summed E-state index contributed by atoms with van der Waals surface area (Å²) >= 11 is 0. The van der Waals surface area contributed by atoms with Crippen LogP contribution in [-0.2, 0) is 11.8 Å². The van der Waals surface area contributed by atoms with Crippen molar-refractivity contribution in [3.8, 4) is 0 Å². The molecule has 0 fully saturated rings. The monoisotopic (exact) mass is 243 g/mol. The van der Waals surface area contributed by atoms with Crippen molar-refractivity contribution in [3.05, 3.63) is 23.8 Å². The Bertz CT molecular complexity index is 658. The number of aromatic nitrogens is 3. The van der Waals surface area contributed by atoms with E-state index < -0.39 is 0 Å². The summed E-state index contributed by atoms with van der Waals surface area (Å²) in [5.41, 5.74) is 6.24. The van der Waals surface area contributed by atoms with E-state index in [1.807, 2.05) is 32.2 Å². The molecular formula is C12H13N5O. The van der Waals surface area contributed by atoms with Crippen LogP contribution in [0.1, 0.15) is 18.9 Å². The molecule has 1 atom stereocenters. The van der Waals surface area contributed by atoms with Crippen molar-refractivity contribution in [1.82, 2.24) is 20.4 Å². The van der Waals surface area contributed by atoms with E-state index in [1.54, 1.807) is 4.68 Å². The molecule has 0 spiro atoms. The number of fused-ring (bicyclic) bond motifs is 1. The fourth-order valence-electron chi connectivity index (χ4n) is 2.19. The summed E-state index contributed by atoms with van der Waals surface area (Å²) in [5.74, 6) is 0.0897. The Labute approximate surface area is 104 Å². The van der Waals surface area contributed by atoms with Crippen molar-refractivity contribution < 1.29 is 4.79 Å². The molecule has 1 aliphatic rings. The number of amides is 1. The Balaban J connectivity index is 2.09. The minimum absolute atomic E-state index is 0.0328. The lowest BCUT2D eigenvalue weighted by Gasteiger charge is -2.19. The number of nitrogens with zero attached hydrogens (tertiary/aromatic N) is 4. The van der Waals surface area contributed by atoms with Gasteiger partial charge in [0.2, 0.25) is 5.91 Å². The lowest BCUT2D eigenvalue weighted by Crippen LogP contribution is -2.31. The van der Waals surface area contributed by atoms with Crippen molar-refractivity contribution in [2.24, 2.45) is 18.1 Å². The van der Waals surface area contributed by atoms with E-state index in [0.717, 1.165) is 22.3 Å². The van der Waals surface area contributed by atoms with Gasteiger partial charge in [0.05, 0.1) is 11.2 Å². The minimum atomic E-state index is -0.0328. The quantitative estimate of drug-likeness (QED) is 0.806. The third-order valence-electron chi connectivity index (χ3n) is 3.17. The fourth-order valence-corrected chi connectivity index (χ4v) is 2.19. The van der Waals surface area contributed by atoms with Crippen molar-refractivity contribution in [2.45, 2.75) is 13.3 Å². The Hall–Kier alpha value is -2.24. The van der Waals surface area contributed by atoms with E-state index in [2.05, 4.69) is 20.8 Å². The molecule has 6 heteroatoms. The molecule has 92 valence electrons. The highest BCUT2D eigenvalue weighted by molar-refractivity contribution is 6.07. The average molecular weight is 243 g/mol. The van der Waals surface area contributed by atoms with Crippen LogP contribution in [0.5, 0.6) is 0 Å². The fraction of sp³-hybridized carbons (Fsp3) is 0.333. The molecule has 3 rings (SSSR count). The summed E-state index contributed by atoms with van der Waals surface area (Å²) in [7, 11) is 1.85. The van der Waals surface area contributed by atoms with E-state index in [1.165, 1.54) is 0 Å². The van der Waals surface area contributed by atoms with Crippen molar-refractivity contribution >= 4 is 22.7 Å². The molecule has 1 aromatic heterocycles. The zero-order chi connectivity index (χ0) is 12.7. The van der Waals surface area contributed by atoms with Gasteiger partial charge in [0, 0.05) is 24.9 Å². The molecule has 1 unspecified atom stereocenters. The van der Waals surface area contributed by atoms with Gasteiger partial charge in [-0.05, 0) is 12.1 Å². The van der Waals surface area contributed by atoms with Crippen molar-refractivity contribution in [3.63, 3.8) is 0 Å². The van der Waals surface area contributed by atoms with Crippen molar-refractivity contribution in [1.29, 1.82) is 0 Å². The van der Waals surface area contributed by atoms with Gasteiger partial charge >= 0.3 is 0 Å². The second-order valence-electron chi connectivity index (χ2n) is 4.55. The first-order chi connectivity index (χ1) is 8.65. The number of aryl methyl sites for hydroxylation is 1. The van der Waals surface area contributed by atoms with Gasteiger partial charge in [0.25, 0.3) is 0 Å². The highest BCUT2D eigenvalue weighted by atomic mass is 16.2. The molecule has 0 aliphatic carbocycles. The Kier molecular flexibility index (Phi) is 2.36. The maximum absolute atomic E-state index is 11.2. The van der Waals surface area contributed by atoms with E-state index in [0.29, 0.717) is 6.42 Å². The van der Waals surface area contributed by atoms with Gasteiger partial charge in [-0.1, -0.05) is 18.2 Å². The largest absolute Gasteiger partial charge is 0.273 e. The maximum atomic E-state index is 11.2. The molecule has 0 bridgehead atoms. The smallest absolute Gasteiger partial charge is 0.240 e. The van der Waals surface area contributed by atoms with Crippen LogP contribution in [0.2, 0.25) is 0 Å². The van der Waals surface area contributed by atoms with Crippen LogP contribution in [0.4, 0.5) is 0 Å². The number of nitrogens with one attached hydrogen (secondary N) is 1. The molecule has 2 heterocycles. The SMILES string of the molecule is CC1CC(=O)NN=C1c1ccc2nnn(C)c2c1. The van der Waals surface area contributed by atoms with E-state index >= 15 is 0 Å². The normalized spacial score (nSPS) is 19.8. The minimum Gasteiger partial charge on any atom is -0.273 e. The highest BCUT2D eigenvalue weighted by Gasteiger charge is 2.21. The van der Waals surface area contributed by atoms with Crippen molar-refractivity contribution in [2.75, 3.05) is 0 Å². The molecule has 0 saturated carbocycles. The van der Waals surface area contributed by atoms with Crippen LogP contribution >= 0.6 is 0 Å². The van der Waals surface area contributed by atoms with Crippen LogP contribution in [0.3, 0.4) is 0 Å². The molecule has 0 saturated heterocycles. The summed E-state index contributed by atoms with van der Waals surface area (Å²) in [5, 5.41) is 12.2. The molecule has 1 aromatic carbocycles. The summed E-state index contributed by atoms with van der Waals surface area (Å²) in [6.07, 6.45) is 0.473. The zero-order valence-corrected chi connectivity index (χ0v) is 10.2. The molecule has 6 nitrogen and oxygen atoms in total. The number of hydrazone groups is 1. The third kappa shape index (κ3) is 1.66. The number of carbonyl (C=O) groups excluding carboxylic acids is 1. The van der Waals surface area contributed by atoms with Gasteiger partial charge in [-0.15, -0.1) is 5.10 Å². The van der Waals surface area contributed by atoms with E-state index in [9.17, 15) is 4.79 Å². The molecule has 1 aliphatic heterocycles. The molecule has 1 amide bonds. The Morgan fingerprint density at radius 2 is 2.28 bits per heavy atom. The summed E-state index contributed by atoms with van der Waals surface area (Å²) in [6, 6.07) is 5.88. The summed E-state index contributed by atoms with van der Waals surface area (Å²) in [4.78, 5) is 11.2. The summed E-state index contributed by atoms with van der Waals surface area (Å²) < 4.78 is 1.73. The second kappa shape index (κ2) is 3.90. The number of hydrogen-bond acceptors (Lipinski definition) is 4. The number of hydrogen-bond donors (Lipinski definition) is 1. The molecule has 1 N–H and O–H groups in total. The third-order valence-corrected chi connectivity index (χ3v) is 3.17. The lowest BCUT2D eigenvalue weighted by molar-refractivity contribution is -0.121. The predicted molar refractivity (Wildman–Crippen MR) is 67.0 cm³/mol. The first-order valence-corrected chi connectivity index (χ1v) is 5.81. The first kappa shape index (κ1) is 10.9. The molecule has 18 heavy (non-hydrogen) atoms. The molecule has 2 aromatic rings. The first-order valence-electron chi connectivity index (χ1n) is 5.81. The van der Waals surface area contributed by atoms with Gasteiger partial charge in [0.1, 0.15) is 5.52 Å². The molecular weight excluding hydrogens is 230 g/mol. The van der Waals surface area contributed by atoms with Crippen LogP contribution in [0.25, 0.3) is 11.0 Å². The average Bonchev–Trinajstić information content (AvgIpc) is 2.71. The maximum Gasteiger partial charge on any atom is 0.240 e. The zero-order valence-electron chi connectivity index (χ0n) is 10.2.